The molecule has 8 bridgehead atoms. The van der Waals surface area contributed by atoms with Gasteiger partial charge in [0, 0.05) is 33.0 Å². The maximum absolute atomic E-state index is 6.51. The second kappa shape index (κ2) is 16.5. The quantitative estimate of drug-likeness (QED) is 0.0984. The Kier molecular flexibility index (Phi) is 10.8. The molecule has 3 aliphatic rings. The van der Waals surface area contributed by atoms with E-state index in [-0.39, 0.29) is 11.9 Å². The lowest BCUT2D eigenvalue weighted by Gasteiger charge is -2.13. The van der Waals surface area contributed by atoms with E-state index in [2.05, 4.69) is 34.0 Å². The van der Waals surface area contributed by atoms with E-state index < -0.39 is 0 Å². The van der Waals surface area contributed by atoms with Gasteiger partial charge in [-0.05, 0) is 25.0 Å². The summed E-state index contributed by atoms with van der Waals surface area (Å²) in [5.74, 6) is 3.88. The first-order valence-electron chi connectivity index (χ1n) is 19.5. The summed E-state index contributed by atoms with van der Waals surface area (Å²) in [6.45, 7) is 5.70. The summed E-state index contributed by atoms with van der Waals surface area (Å²) in [6, 6.07) is 19.9. The van der Waals surface area contributed by atoms with Gasteiger partial charge in [-0.25, -0.2) is 25.1 Å². The Hall–Kier alpha value is -5.78. The number of nitrogens with one attached hydrogen (secondary N) is 2. The third kappa shape index (κ3) is 7.64. The normalized spacial score (nSPS) is 14.0. The summed E-state index contributed by atoms with van der Waals surface area (Å²) in [7, 11) is 0. The van der Waals surface area contributed by atoms with Crippen molar-refractivity contribution in [2.75, 3.05) is 13.2 Å². The molecule has 5 heterocycles. The van der Waals surface area contributed by atoms with E-state index >= 15 is 0 Å². The number of ether oxygens (including phenoxy) is 2. The lowest BCUT2D eigenvalue weighted by molar-refractivity contribution is 0.259. The van der Waals surface area contributed by atoms with Gasteiger partial charge >= 0.3 is 0 Å². The van der Waals surface area contributed by atoms with Gasteiger partial charge in [0.1, 0.15) is 11.0 Å². The summed E-state index contributed by atoms with van der Waals surface area (Å²) in [4.78, 5) is 37.5. The van der Waals surface area contributed by atoms with Crippen molar-refractivity contribution in [1.29, 1.82) is 0 Å². The van der Waals surface area contributed by atoms with Crippen LogP contribution in [0.15, 0.2) is 90.6 Å². The molecule has 54 heavy (non-hydrogen) atoms. The van der Waals surface area contributed by atoms with E-state index in [1.165, 1.54) is 51.4 Å². The Bertz CT molecular complexity index is 2240. The molecule has 0 saturated heterocycles. The zero-order chi connectivity index (χ0) is 36.7. The van der Waals surface area contributed by atoms with Gasteiger partial charge in [-0.1, -0.05) is 127 Å². The van der Waals surface area contributed by atoms with Gasteiger partial charge < -0.3 is 14.5 Å². The molecular weight excluding hydrogens is 677 g/mol. The zero-order valence-electron chi connectivity index (χ0n) is 31.1. The van der Waals surface area contributed by atoms with Crippen molar-refractivity contribution >= 4 is 46.0 Å². The third-order valence-corrected chi connectivity index (χ3v) is 9.90. The third-order valence-electron chi connectivity index (χ3n) is 9.90. The van der Waals surface area contributed by atoms with Crippen molar-refractivity contribution in [3.05, 3.63) is 93.9 Å². The first-order valence-corrected chi connectivity index (χ1v) is 19.5. The number of benzene rings is 3. The first-order chi connectivity index (χ1) is 26.7. The number of amidine groups is 4. The molecule has 2 aromatic heterocycles. The molecule has 0 unspecified atom stereocenters. The number of aromatic amines is 2. The highest BCUT2D eigenvalue weighted by Crippen LogP contribution is 2.32. The van der Waals surface area contributed by atoms with Crippen molar-refractivity contribution in [3.8, 4) is 11.5 Å². The first kappa shape index (κ1) is 35.3. The fraction of sp³-hybridized carbons (Fsp3) is 0.381. The molecule has 5 aromatic rings. The lowest BCUT2D eigenvalue weighted by Crippen LogP contribution is -2.15. The van der Waals surface area contributed by atoms with Gasteiger partial charge in [-0.15, -0.1) is 5.10 Å². The second-order valence-electron chi connectivity index (χ2n) is 13.9. The number of nitrogens with zero attached hydrogens (tertiary/aromatic N) is 8. The van der Waals surface area contributed by atoms with Gasteiger partial charge in [-0.2, -0.15) is 15.0 Å². The predicted molar refractivity (Wildman–Crippen MR) is 213 cm³/mol. The molecule has 3 aliphatic heterocycles. The number of fused-ring (bicyclic) bond motifs is 15. The van der Waals surface area contributed by atoms with Crippen molar-refractivity contribution < 1.29 is 9.47 Å². The topological polar surface area (TPSA) is 150 Å². The van der Waals surface area contributed by atoms with Crippen LogP contribution in [0, 0.1) is 0 Å². The molecule has 0 saturated carbocycles. The zero-order valence-corrected chi connectivity index (χ0v) is 31.1. The number of H-pyrrole nitrogens is 2. The van der Waals surface area contributed by atoms with E-state index in [9.17, 15) is 0 Å². The summed E-state index contributed by atoms with van der Waals surface area (Å²) < 4.78 is 13.0. The Morgan fingerprint density at radius 1 is 0.500 bits per heavy atom. The summed E-state index contributed by atoms with van der Waals surface area (Å²) in [6.07, 6.45) is 14.2. The second-order valence-corrected chi connectivity index (χ2v) is 13.9. The van der Waals surface area contributed by atoms with Crippen LogP contribution in [0.2, 0.25) is 0 Å². The van der Waals surface area contributed by atoms with Crippen LogP contribution in [0.4, 0.5) is 11.9 Å². The minimum atomic E-state index is 0.213. The van der Waals surface area contributed by atoms with Crippen LogP contribution in [0.3, 0.4) is 0 Å². The molecule has 0 spiro atoms. The van der Waals surface area contributed by atoms with Crippen LogP contribution in [0.25, 0.3) is 10.8 Å². The van der Waals surface area contributed by atoms with Gasteiger partial charge in [0.15, 0.2) is 34.8 Å². The Balaban J connectivity index is 1.25. The maximum atomic E-state index is 6.51. The van der Waals surface area contributed by atoms with Crippen LogP contribution in [-0.4, -0.2) is 56.7 Å². The lowest BCUT2D eigenvalue weighted by atomic mass is 10.1. The van der Waals surface area contributed by atoms with Crippen molar-refractivity contribution in [2.45, 2.75) is 90.9 Å². The molecule has 0 fully saturated rings. The summed E-state index contributed by atoms with van der Waals surface area (Å²) in [5, 5.41) is 8.87. The minimum Gasteiger partial charge on any atom is -0.490 e. The van der Waals surface area contributed by atoms with Crippen LogP contribution in [-0.2, 0) is 0 Å². The van der Waals surface area contributed by atoms with Gasteiger partial charge in [-0.3, -0.25) is 0 Å². The number of hydrogen-bond donors (Lipinski definition) is 2. The summed E-state index contributed by atoms with van der Waals surface area (Å²) in [5.41, 5.74) is 4.59. The van der Waals surface area contributed by atoms with Crippen LogP contribution in [0.1, 0.15) is 113 Å². The SMILES string of the molecule is CCCCCCCCOc1cc2c3[nH]c(c2cc1OCCCCCCCC)=NC1=NC(=Nc2nc(n[nH]2)N=C2N=C(N=3)c3ccccc32)c2ccccc21. The van der Waals surface area contributed by atoms with Crippen molar-refractivity contribution in [3.63, 3.8) is 0 Å². The number of hydrogen-bond acceptors (Lipinski definition) is 10. The average Bonchev–Trinajstić information content (AvgIpc) is 3.96. The van der Waals surface area contributed by atoms with E-state index in [0.29, 0.717) is 59.0 Å². The van der Waals surface area contributed by atoms with Gasteiger partial charge in [0.25, 0.3) is 5.95 Å². The molecule has 276 valence electrons. The monoisotopic (exact) mass is 722 g/mol. The van der Waals surface area contributed by atoms with Crippen molar-refractivity contribution in [1.82, 2.24) is 20.2 Å². The maximum Gasteiger partial charge on any atom is 0.272 e. The molecule has 2 N–H and O–H groups in total. The molecule has 8 rings (SSSR count). The number of aliphatic imine (C=N–C) groups is 4. The largest absolute Gasteiger partial charge is 0.490 e. The summed E-state index contributed by atoms with van der Waals surface area (Å²) >= 11 is 0. The molecule has 0 atom stereocenters. The highest BCUT2D eigenvalue weighted by Gasteiger charge is 2.25. The van der Waals surface area contributed by atoms with E-state index in [1.54, 1.807) is 0 Å². The average molecular weight is 723 g/mol. The number of unbranched alkanes of at least 4 members (excludes halogenated alkanes) is 10. The molecule has 0 amide bonds. The molecule has 3 aromatic carbocycles. The van der Waals surface area contributed by atoms with E-state index in [0.717, 1.165) is 58.7 Å². The predicted octanol–water partition coefficient (Wildman–Crippen LogP) is 8.39. The fourth-order valence-corrected chi connectivity index (χ4v) is 7.01. The molecule has 0 radical (unpaired) electrons. The Labute approximate surface area is 314 Å². The number of aromatic nitrogens is 4. The van der Waals surface area contributed by atoms with E-state index in [4.69, 9.17) is 39.4 Å². The van der Waals surface area contributed by atoms with E-state index in [1.807, 2.05) is 60.7 Å². The highest BCUT2D eigenvalue weighted by atomic mass is 16.5. The van der Waals surface area contributed by atoms with Gasteiger partial charge in [0.05, 0.1) is 13.2 Å². The van der Waals surface area contributed by atoms with Gasteiger partial charge in [0.2, 0.25) is 5.95 Å². The minimum absolute atomic E-state index is 0.213. The van der Waals surface area contributed by atoms with Crippen LogP contribution >= 0.6 is 0 Å². The van der Waals surface area contributed by atoms with Crippen LogP contribution in [0.5, 0.6) is 11.5 Å². The smallest absolute Gasteiger partial charge is 0.272 e. The molecule has 12 nitrogen and oxygen atoms in total. The van der Waals surface area contributed by atoms with Crippen LogP contribution < -0.4 is 20.4 Å². The standard InChI is InChI=1S/C42H46N10O2/c1-3-5-7-9-11-17-23-53-33-25-31-32(26-34(33)54-24-18-12-10-8-6-4-2)40-46-36-28-20-14-16-22-30(28)38(44-36)49-42-50-41(51-52-42)48-37-29-21-15-13-19-27(29)35(43-37)45-39(31)47-40/h13-16,19-22,25-26H,3-12,17-18,23-24H2,1-2H3,(H2,43,44,45,46,47,48,49,50,51,52). The molecule has 0 aliphatic carbocycles. The fourth-order valence-electron chi connectivity index (χ4n) is 7.01. The Morgan fingerprint density at radius 2 is 0.944 bits per heavy atom. The molecule has 12 heteroatoms. The van der Waals surface area contributed by atoms with Crippen molar-refractivity contribution in [2.24, 2.45) is 30.0 Å². The number of rotatable bonds is 16. The highest BCUT2D eigenvalue weighted by molar-refractivity contribution is 6.24. The Morgan fingerprint density at radius 3 is 1.44 bits per heavy atom. The molecular formula is C42H46N10O2.